The number of carbonyl (C=O) groups excluding carboxylic acids is 1. The molecule has 0 aromatic heterocycles. The minimum Gasteiger partial charge on any atom is -0.493 e. The second-order valence-electron chi connectivity index (χ2n) is 7.61. The Bertz CT molecular complexity index is 572. The van der Waals surface area contributed by atoms with Gasteiger partial charge >= 0.3 is 0 Å². The zero-order chi connectivity index (χ0) is 18.2. The SMILES string of the molecule is COc1ccccc1OCC(=O)N[C@@H]1CCCN(CC2CCCCC2)C1. The number of ether oxygens (including phenoxy) is 2. The van der Waals surface area contributed by atoms with Crippen molar-refractivity contribution in [2.24, 2.45) is 5.92 Å². The van der Waals surface area contributed by atoms with Gasteiger partial charge in [0, 0.05) is 19.1 Å². The van der Waals surface area contributed by atoms with E-state index < -0.39 is 0 Å². The maximum atomic E-state index is 12.3. The standard InChI is InChI=1S/C21H32N2O3/c1-25-19-11-5-6-12-20(19)26-16-21(24)22-18-10-7-13-23(15-18)14-17-8-3-2-4-9-17/h5-6,11-12,17-18H,2-4,7-10,13-16H2,1H3,(H,22,24)/t18-/m1/s1. The Kier molecular flexibility index (Phi) is 7.18. The summed E-state index contributed by atoms with van der Waals surface area (Å²) in [6.45, 7) is 3.36. The van der Waals surface area contributed by atoms with E-state index in [2.05, 4.69) is 10.2 Å². The van der Waals surface area contributed by atoms with Crippen LogP contribution in [0.2, 0.25) is 0 Å². The van der Waals surface area contributed by atoms with E-state index in [4.69, 9.17) is 9.47 Å². The van der Waals surface area contributed by atoms with Crippen LogP contribution in [0, 0.1) is 5.92 Å². The lowest BCUT2D eigenvalue weighted by atomic mass is 9.88. The van der Waals surface area contributed by atoms with Gasteiger partial charge < -0.3 is 19.7 Å². The van der Waals surface area contributed by atoms with Gasteiger partial charge in [0.2, 0.25) is 0 Å². The van der Waals surface area contributed by atoms with Crippen LogP contribution in [-0.4, -0.2) is 50.2 Å². The molecule has 3 rings (SSSR count). The number of hydrogen-bond donors (Lipinski definition) is 1. The van der Waals surface area contributed by atoms with Crippen molar-refractivity contribution in [3.63, 3.8) is 0 Å². The van der Waals surface area contributed by atoms with Gasteiger partial charge in [-0.3, -0.25) is 4.79 Å². The molecule has 1 aliphatic carbocycles. The molecule has 144 valence electrons. The van der Waals surface area contributed by atoms with E-state index >= 15 is 0 Å². The number of benzene rings is 1. The third kappa shape index (κ3) is 5.63. The van der Waals surface area contributed by atoms with Crippen LogP contribution in [0.5, 0.6) is 11.5 Å². The molecule has 1 atom stereocenters. The first-order chi connectivity index (χ1) is 12.7. The van der Waals surface area contributed by atoms with Gasteiger partial charge in [-0.05, 0) is 50.3 Å². The highest BCUT2D eigenvalue weighted by Crippen LogP contribution is 2.26. The summed E-state index contributed by atoms with van der Waals surface area (Å²) in [5.41, 5.74) is 0. The van der Waals surface area contributed by atoms with E-state index in [1.807, 2.05) is 24.3 Å². The summed E-state index contributed by atoms with van der Waals surface area (Å²) in [4.78, 5) is 14.8. The molecule has 1 aliphatic heterocycles. The zero-order valence-electron chi connectivity index (χ0n) is 15.9. The summed E-state index contributed by atoms with van der Waals surface area (Å²) in [5.74, 6) is 2.05. The minimum atomic E-state index is -0.0552. The summed E-state index contributed by atoms with van der Waals surface area (Å²) in [6, 6.07) is 7.64. The Morgan fingerprint density at radius 2 is 1.88 bits per heavy atom. The molecular formula is C21H32N2O3. The quantitative estimate of drug-likeness (QED) is 0.811. The average molecular weight is 360 g/mol. The fraction of sp³-hybridized carbons (Fsp3) is 0.667. The van der Waals surface area contributed by atoms with E-state index in [0.717, 1.165) is 25.3 Å². The minimum absolute atomic E-state index is 0.0273. The van der Waals surface area contributed by atoms with Crippen LogP contribution < -0.4 is 14.8 Å². The predicted molar refractivity (Wildman–Crippen MR) is 103 cm³/mol. The fourth-order valence-electron chi connectivity index (χ4n) is 4.22. The lowest BCUT2D eigenvalue weighted by Crippen LogP contribution is -2.49. The largest absolute Gasteiger partial charge is 0.493 e. The Morgan fingerprint density at radius 1 is 1.12 bits per heavy atom. The van der Waals surface area contributed by atoms with Gasteiger partial charge in [-0.1, -0.05) is 31.4 Å². The highest BCUT2D eigenvalue weighted by Gasteiger charge is 2.24. The van der Waals surface area contributed by atoms with Gasteiger partial charge in [0.05, 0.1) is 7.11 Å². The molecule has 1 amide bonds. The molecule has 1 saturated heterocycles. The molecule has 0 radical (unpaired) electrons. The van der Waals surface area contributed by atoms with Crippen LogP contribution in [0.15, 0.2) is 24.3 Å². The highest BCUT2D eigenvalue weighted by molar-refractivity contribution is 5.78. The van der Waals surface area contributed by atoms with Crippen molar-refractivity contribution in [1.29, 1.82) is 0 Å². The van der Waals surface area contributed by atoms with Crippen molar-refractivity contribution in [3.8, 4) is 11.5 Å². The molecule has 2 fully saturated rings. The van der Waals surface area contributed by atoms with E-state index in [9.17, 15) is 4.79 Å². The number of nitrogens with zero attached hydrogens (tertiary/aromatic N) is 1. The first kappa shape index (κ1) is 19.0. The molecule has 0 bridgehead atoms. The van der Waals surface area contributed by atoms with Gasteiger partial charge in [-0.2, -0.15) is 0 Å². The molecule has 5 nitrogen and oxygen atoms in total. The van der Waals surface area contributed by atoms with Crippen LogP contribution in [0.1, 0.15) is 44.9 Å². The Labute approximate surface area is 157 Å². The molecule has 1 aromatic carbocycles. The van der Waals surface area contributed by atoms with Gasteiger partial charge in [0.25, 0.3) is 5.91 Å². The van der Waals surface area contributed by atoms with Crippen LogP contribution in [0.3, 0.4) is 0 Å². The predicted octanol–water partition coefficient (Wildman–Crippen LogP) is 3.23. The van der Waals surface area contributed by atoms with Crippen LogP contribution >= 0.6 is 0 Å². The number of nitrogens with one attached hydrogen (secondary N) is 1. The summed E-state index contributed by atoms with van der Waals surface area (Å²) >= 11 is 0. The Hall–Kier alpha value is -1.75. The number of carbonyl (C=O) groups is 1. The number of hydrogen-bond acceptors (Lipinski definition) is 4. The first-order valence-corrected chi connectivity index (χ1v) is 10.0. The van der Waals surface area contributed by atoms with Crippen LogP contribution in [0.4, 0.5) is 0 Å². The number of methoxy groups -OCH3 is 1. The molecule has 1 N–H and O–H groups in total. The molecule has 1 aromatic rings. The summed E-state index contributed by atoms with van der Waals surface area (Å²) in [5, 5.41) is 3.15. The Balaban J connectivity index is 1.42. The Morgan fingerprint density at radius 3 is 2.65 bits per heavy atom. The molecule has 0 spiro atoms. The third-order valence-corrected chi connectivity index (χ3v) is 5.54. The monoisotopic (exact) mass is 360 g/mol. The number of rotatable bonds is 7. The summed E-state index contributed by atoms with van der Waals surface area (Å²) < 4.78 is 10.9. The first-order valence-electron chi connectivity index (χ1n) is 10.0. The second kappa shape index (κ2) is 9.81. The van der Waals surface area contributed by atoms with E-state index in [-0.39, 0.29) is 18.6 Å². The highest BCUT2D eigenvalue weighted by atomic mass is 16.5. The van der Waals surface area contributed by atoms with Gasteiger partial charge in [0.15, 0.2) is 18.1 Å². The topological polar surface area (TPSA) is 50.8 Å². The van der Waals surface area contributed by atoms with Crippen LogP contribution in [-0.2, 0) is 4.79 Å². The van der Waals surface area contributed by atoms with Crippen molar-refractivity contribution in [2.45, 2.75) is 51.0 Å². The number of likely N-dealkylation sites (tertiary alicyclic amines) is 1. The van der Waals surface area contributed by atoms with Gasteiger partial charge in [-0.25, -0.2) is 0 Å². The second-order valence-corrected chi connectivity index (χ2v) is 7.61. The number of piperidine rings is 1. The lowest BCUT2D eigenvalue weighted by Gasteiger charge is -2.36. The molecular weight excluding hydrogens is 328 g/mol. The molecule has 5 heteroatoms. The molecule has 26 heavy (non-hydrogen) atoms. The maximum Gasteiger partial charge on any atom is 0.258 e. The molecule has 1 heterocycles. The summed E-state index contributed by atoms with van der Waals surface area (Å²) in [7, 11) is 1.60. The smallest absolute Gasteiger partial charge is 0.258 e. The molecule has 2 aliphatic rings. The third-order valence-electron chi connectivity index (χ3n) is 5.54. The van der Waals surface area contributed by atoms with Crippen molar-refractivity contribution in [3.05, 3.63) is 24.3 Å². The zero-order valence-corrected chi connectivity index (χ0v) is 15.9. The number of para-hydroxylation sites is 2. The molecule has 0 unspecified atom stereocenters. The van der Waals surface area contributed by atoms with E-state index in [1.54, 1.807) is 7.11 Å². The summed E-state index contributed by atoms with van der Waals surface area (Å²) in [6.07, 6.45) is 9.15. The van der Waals surface area contributed by atoms with Crippen molar-refractivity contribution in [1.82, 2.24) is 10.2 Å². The fourth-order valence-corrected chi connectivity index (χ4v) is 4.22. The van der Waals surface area contributed by atoms with E-state index in [0.29, 0.717) is 11.5 Å². The van der Waals surface area contributed by atoms with E-state index in [1.165, 1.54) is 45.2 Å². The van der Waals surface area contributed by atoms with Crippen molar-refractivity contribution >= 4 is 5.91 Å². The lowest BCUT2D eigenvalue weighted by molar-refractivity contribution is -0.124. The average Bonchev–Trinajstić information content (AvgIpc) is 2.67. The van der Waals surface area contributed by atoms with Gasteiger partial charge in [0.1, 0.15) is 0 Å². The number of amides is 1. The van der Waals surface area contributed by atoms with Gasteiger partial charge in [-0.15, -0.1) is 0 Å². The van der Waals surface area contributed by atoms with Crippen LogP contribution in [0.25, 0.3) is 0 Å². The van der Waals surface area contributed by atoms with Crippen molar-refractivity contribution < 1.29 is 14.3 Å². The maximum absolute atomic E-state index is 12.3. The van der Waals surface area contributed by atoms with Crippen molar-refractivity contribution in [2.75, 3.05) is 33.4 Å². The molecule has 1 saturated carbocycles. The normalized spacial score (nSPS) is 22.0.